The molecule has 0 aliphatic carbocycles. The number of nitrogens with one attached hydrogen (secondary N) is 2. The summed E-state index contributed by atoms with van der Waals surface area (Å²) in [6.07, 6.45) is 4.72. The maximum atomic E-state index is 12.0. The van der Waals surface area contributed by atoms with Crippen molar-refractivity contribution >= 4 is 11.8 Å². The summed E-state index contributed by atoms with van der Waals surface area (Å²) in [7, 11) is 0. The Bertz CT molecular complexity index is 652. The van der Waals surface area contributed by atoms with Crippen molar-refractivity contribution in [3.8, 4) is 0 Å². The number of carbonyl (C=O) groups excluding carboxylic acids is 2. The smallest absolute Gasteiger partial charge is 0.220 e. The highest BCUT2D eigenvalue weighted by atomic mass is 16.2. The van der Waals surface area contributed by atoms with Gasteiger partial charge >= 0.3 is 0 Å². The van der Waals surface area contributed by atoms with Gasteiger partial charge in [0.25, 0.3) is 0 Å². The summed E-state index contributed by atoms with van der Waals surface area (Å²) < 4.78 is 0. The Morgan fingerprint density at radius 2 is 1.00 bits per heavy atom. The monoisotopic (exact) mass is 380 g/mol. The average molecular weight is 381 g/mol. The number of amides is 2. The highest BCUT2D eigenvalue weighted by Gasteiger charge is 2.10. The fraction of sp³-hybridized carbons (Fsp3) is 0.417. The lowest BCUT2D eigenvalue weighted by atomic mass is 10.1. The molecule has 0 aliphatic heterocycles. The molecular weight excluding hydrogens is 348 g/mol. The van der Waals surface area contributed by atoms with Gasteiger partial charge in [-0.25, -0.2) is 0 Å². The van der Waals surface area contributed by atoms with Crippen LogP contribution < -0.4 is 10.6 Å². The zero-order valence-electron chi connectivity index (χ0n) is 17.0. The number of rotatable bonds is 11. The maximum Gasteiger partial charge on any atom is 0.220 e. The van der Waals surface area contributed by atoms with E-state index in [1.807, 2.05) is 74.5 Å². The standard InChI is InChI=1S/C24H32N2O2/c1-19(21-13-7-5-8-14-21)25-23(27)17-11-3-4-12-18-24(28)26-20(2)22-15-9-6-10-16-22/h5-10,13-16,19-20H,3-4,11-12,17-18H2,1-2H3,(H,25,27)(H,26,28)/t19-,20-/m0/s1. The van der Waals surface area contributed by atoms with Crippen LogP contribution in [0, 0.1) is 0 Å². The minimum absolute atomic E-state index is 0.0315. The Balaban J connectivity index is 1.53. The molecule has 0 heterocycles. The molecule has 150 valence electrons. The fourth-order valence-corrected chi connectivity index (χ4v) is 3.20. The molecule has 0 aromatic heterocycles. The number of hydrogen-bond acceptors (Lipinski definition) is 2. The molecule has 2 rings (SSSR count). The lowest BCUT2D eigenvalue weighted by Crippen LogP contribution is -2.26. The molecular formula is C24H32N2O2. The van der Waals surface area contributed by atoms with Crippen LogP contribution >= 0.6 is 0 Å². The van der Waals surface area contributed by atoms with E-state index < -0.39 is 0 Å². The SMILES string of the molecule is C[C@H](NC(=O)CCCCCCC(=O)N[C@@H](C)c1ccccc1)c1ccccc1. The minimum atomic E-state index is 0.0315. The Morgan fingerprint density at radius 1 is 0.643 bits per heavy atom. The van der Waals surface area contributed by atoms with Crippen molar-refractivity contribution in [2.45, 2.75) is 64.5 Å². The molecule has 0 spiro atoms. The molecule has 0 saturated carbocycles. The van der Waals surface area contributed by atoms with E-state index in [0.717, 1.165) is 36.8 Å². The summed E-state index contributed by atoms with van der Waals surface area (Å²) >= 11 is 0. The first-order valence-electron chi connectivity index (χ1n) is 10.2. The molecule has 2 atom stereocenters. The fourth-order valence-electron chi connectivity index (χ4n) is 3.20. The zero-order chi connectivity index (χ0) is 20.2. The van der Waals surface area contributed by atoms with E-state index >= 15 is 0 Å². The second kappa shape index (κ2) is 12.0. The highest BCUT2D eigenvalue weighted by Crippen LogP contribution is 2.13. The summed E-state index contributed by atoms with van der Waals surface area (Å²) in [5.74, 6) is 0.177. The summed E-state index contributed by atoms with van der Waals surface area (Å²) in [5.41, 5.74) is 2.23. The van der Waals surface area contributed by atoms with E-state index in [1.165, 1.54) is 0 Å². The molecule has 4 heteroatoms. The third kappa shape index (κ3) is 7.95. The average Bonchev–Trinajstić information content (AvgIpc) is 2.71. The van der Waals surface area contributed by atoms with E-state index in [1.54, 1.807) is 0 Å². The number of carbonyl (C=O) groups is 2. The van der Waals surface area contributed by atoms with Crippen molar-refractivity contribution in [3.05, 3.63) is 71.8 Å². The van der Waals surface area contributed by atoms with Crippen LogP contribution in [0.3, 0.4) is 0 Å². The van der Waals surface area contributed by atoms with Gasteiger partial charge in [-0.2, -0.15) is 0 Å². The normalized spacial score (nSPS) is 12.8. The van der Waals surface area contributed by atoms with Crippen LogP contribution in [0.2, 0.25) is 0 Å². The molecule has 0 radical (unpaired) electrons. The number of unbranched alkanes of at least 4 members (excludes halogenated alkanes) is 3. The van der Waals surface area contributed by atoms with E-state index in [0.29, 0.717) is 12.8 Å². The van der Waals surface area contributed by atoms with Crippen molar-refractivity contribution in [2.24, 2.45) is 0 Å². The van der Waals surface area contributed by atoms with Gasteiger partial charge in [-0.3, -0.25) is 9.59 Å². The van der Waals surface area contributed by atoms with Crippen LogP contribution in [0.25, 0.3) is 0 Å². The molecule has 0 unspecified atom stereocenters. The topological polar surface area (TPSA) is 58.2 Å². The Labute approximate surface area is 168 Å². The van der Waals surface area contributed by atoms with Gasteiger partial charge in [0.05, 0.1) is 12.1 Å². The molecule has 2 aromatic rings. The summed E-state index contributed by atoms with van der Waals surface area (Å²) in [6.45, 7) is 4.00. The highest BCUT2D eigenvalue weighted by molar-refractivity contribution is 5.76. The van der Waals surface area contributed by atoms with Crippen LogP contribution in [-0.2, 0) is 9.59 Å². The van der Waals surface area contributed by atoms with Gasteiger partial charge in [0, 0.05) is 12.8 Å². The van der Waals surface area contributed by atoms with Crippen LogP contribution in [0.1, 0.15) is 75.6 Å². The van der Waals surface area contributed by atoms with E-state index in [2.05, 4.69) is 10.6 Å². The molecule has 2 amide bonds. The summed E-state index contributed by atoms with van der Waals surface area (Å²) in [6, 6.07) is 20.0. The molecule has 0 saturated heterocycles. The minimum Gasteiger partial charge on any atom is -0.350 e. The van der Waals surface area contributed by atoms with Crippen LogP contribution in [0.5, 0.6) is 0 Å². The zero-order valence-corrected chi connectivity index (χ0v) is 17.0. The van der Waals surface area contributed by atoms with Gasteiger partial charge < -0.3 is 10.6 Å². The molecule has 28 heavy (non-hydrogen) atoms. The van der Waals surface area contributed by atoms with Crippen molar-refractivity contribution in [1.82, 2.24) is 10.6 Å². The second-order valence-electron chi connectivity index (χ2n) is 7.31. The third-order valence-electron chi connectivity index (χ3n) is 4.91. The predicted molar refractivity (Wildman–Crippen MR) is 114 cm³/mol. The first kappa shape index (κ1) is 21.7. The summed E-state index contributed by atoms with van der Waals surface area (Å²) in [4.78, 5) is 24.1. The van der Waals surface area contributed by atoms with Crippen LogP contribution in [0.15, 0.2) is 60.7 Å². The Hall–Kier alpha value is -2.62. The lowest BCUT2D eigenvalue weighted by Gasteiger charge is -2.14. The number of benzene rings is 2. The van der Waals surface area contributed by atoms with Crippen molar-refractivity contribution in [1.29, 1.82) is 0 Å². The Morgan fingerprint density at radius 3 is 1.36 bits per heavy atom. The predicted octanol–water partition coefficient (Wildman–Crippen LogP) is 5.08. The van der Waals surface area contributed by atoms with E-state index in [4.69, 9.17) is 0 Å². The first-order valence-corrected chi connectivity index (χ1v) is 10.2. The first-order chi connectivity index (χ1) is 13.6. The molecule has 2 N–H and O–H groups in total. The van der Waals surface area contributed by atoms with Gasteiger partial charge in [-0.15, -0.1) is 0 Å². The van der Waals surface area contributed by atoms with Gasteiger partial charge in [-0.05, 0) is 37.8 Å². The quantitative estimate of drug-likeness (QED) is 0.534. The largest absolute Gasteiger partial charge is 0.350 e. The second-order valence-corrected chi connectivity index (χ2v) is 7.31. The lowest BCUT2D eigenvalue weighted by molar-refractivity contribution is -0.122. The third-order valence-corrected chi connectivity index (χ3v) is 4.91. The molecule has 0 bridgehead atoms. The van der Waals surface area contributed by atoms with Gasteiger partial charge in [0.15, 0.2) is 0 Å². The molecule has 0 fully saturated rings. The van der Waals surface area contributed by atoms with Crippen molar-refractivity contribution in [2.75, 3.05) is 0 Å². The van der Waals surface area contributed by atoms with Gasteiger partial charge in [0.1, 0.15) is 0 Å². The van der Waals surface area contributed by atoms with Crippen molar-refractivity contribution < 1.29 is 9.59 Å². The summed E-state index contributed by atoms with van der Waals surface area (Å²) in [5, 5.41) is 6.08. The molecule has 4 nitrogen and oxygen atoms in total. The van der Waals surface area contributed by atoms with Crippen molar-refractivity contribution in [3.63, 3.8) is 0 Å². The van der Waals surface area contributed by atoms with Crippen LogP contribution in [-0.4, -0.2) is 11.8 Å². The van der Waals surface area contributed by atoms with Gasteiger partial charge in [0.2, 0.25) is 11.8 Å². The molecule has 0 aliphatic rings. The maximum absolute atomic E-state index is 12.0. The van der Waals surface area contributed by atoms with Crippen LogP contribution in [0.4, 0.5) is 0 Å². The van der Waals surface area contributed by atoms with E-state index in [9.17, 15) is 9.59 Å². The van der Waals surface area contributed by atoms with Gasteiger partial charge in [-0.1, -0.05) is 73.5 Å². The molecule has 2 aromatic carbocycles. The Kier molecular flexibility index (Phi) is 9.26. The van der Waals surface area contributed by atoms with E-state index in [-0.39, 0.29) is 23.9 Å². The number of hydrogen-bond donors (Lipinski definition) is 2.